The van der Waals surface area contributed by atoms with Crippen LogP contribution in [0.2, 0.25) is 0 Å². The topological polar surface area (TPSA) is 40.5 Å². The summed E-state index contributed by atoms with van der Waals surface area (Å²) in [7, 11) is 0. The second kappa shape index (κ2) is 7.24. The van der Waals surface area contributed by atoms with Gasteiger partial charge in [0, 0.05) is 5.92 Å². The minimum atomic E-state index is -0.402. The first-order chi connectivity index (χ1) is 6.58. The number of hydrogen-bond donors (Lipinski definition) is 2. The molecule has 14 heavy (non-hydrogen) atoms. The molecule has 0 bridgehead atoms. The molecule has 86 valence electrons. The van der Waals surface area contributed by atoms with E-state index < -0.39 is 6.10 Å². The monoisotopic (exact) mass is 202 g/mol. The molecular weight excluding hydrogens is 176 g/mol. The minimum absolute atomic E-state index is 0.0338. The van der Waals surface area contributed by atoms with Crippen LogP contribution in [0, 0.1) is 11.8 Å². The second-order valence-corrected chi connectivity index (χ2v) is 4.26. The van der Waals surface area contributed by atoms with Crippen LogP contribution in [0.25, 0.3) is 0 Å². The average Bonchev–Trinajstić information content (AvgIpc) is 2.14. The van der Waals surface area contributed by atoms with Gasteiger partial charge in [0.15, 0.2) is 0 Å². The zero-order chi connectivity index (χ0) is 11.1. The molecule has 0 radical (unpaired) electrons. The number of hydrogen-bond acceptors (Lipinski definition) is 2. The molecule has 0 saturated heterocycles. The Kier molecular flexibility index (Phi) is 7.20. The summed E-state index contributed by atoms with van der Waals surface area (Å²) in [5.74, 6) is 0.381. The van der Waals surface area contributed by atoms with Gasteiger partial charge in [-0.05, 0) is 25.7 Å². The molecule has 0 fully saturated rings. The van der Waals surface area contributed by atoms with E-state index in [2.05, 4.69) is 13.8 Å². The van der Waals surface area contributed by atoms with E-state index in [0.717, 1.165) is 25.7 Å². The third-order valence-corrected chi connectivity index (χ3v) is 3.20. The normalized spacial score (nSPS) is 20.1. The molecule has 2 nitrogen and oxygen atoms in total. The molecule has 0 aliphatic rings. The SMILES string of the molecule is CCCC(CC)C(O)C(CC)C(C)O. The molecule has 2 N–H and O–H groups in total. The Morgan fingerprint density at radius 1 is 1.00 bits per heavy atom. The average molecular weight is 202 g/mol. The second-order valence-electron chi connectivity index (χ2n) is 4.26. The van der Waals surface area contributed by atoms with Crippen LogP contribution in [0.4, 0.5) is 0 Å². The van der Waals surface area contributed by atoms with E-state index in [-0.39, 0.29) is 12.0 Å². The molecule has 0 aromatic heterocycles. The molecule has 0 amide bonds. The van der Waals surface area contributed by atoms with Crippen molar-refractivity contribution in [2.45, 2.75) is 65.6 Å². The van der Waals surface area contributed by atoms with Crippen LogP contribution in [-0.4, -0.2) is 22.4 Å². The first kappa shape index (κ1) is 13.9. The highest BCUT2D eigenvalue weighted by Gasteiger charge is 2.27. The van der Waals surface area contributed by atoms with Crippen LogP contribution >= 0.6 is 0 Å². The molecule has 0 aromatic carbocycles. The van der Waals surface area contributed by atoms with Crippen molar-refractivity contribution in [3.63, 3.8) is 0 Å². The number of aliphatic hydroxyl groups excluding tert-OH is 2. The van der Waals surface area contributed by atoms with Gasteiger partial charge >= 0.3 is 0 Å². The predicted octanol–water partition coefficient (Wildman–Crippen LogP) is 2.58. The van der Waals surface area contributed by atoms with Crippen molar-refractivity contribution in [1.82, 2.24) is 0 Å². The summed E-state index contributed by atoms with van der Waals surface area (Å²) in [4.78, 5) is 0. The largest absolute Gasteiger partial charge is 0.393 e. The van der Waals surface area contributed by atoms with E-state index in [9.17, 15) is 10.2 Å². The fourth-order valence-corrected chi connectivity index (χ4v) is 2.20. The summed E-state index contributed by atoms with van der Waals surface area (Å²) in [5.41, 5.74) is 0. The fraction of sp³-hybridized carbons (Fsp3) is 1.00. The van der Waals surface area contributed by atoms with Gasteiger partial charge in [0.1, 0.15) is 0 Å². The predicted molar refractivity (Wildman–Crippen MR) is 60.2 cm³/mol. The van der Waals surface area contributed by atoms with Gasteiger partial charge in [0.2, 0.25) is 0 Å². The Morgan fingerprint density at radius 3 is 1.86 bits per heavy atom. The van der Waals surface area contributed by atoms with E-state index in [1.807, 2.05) is 6.92 Å². The molecule has 0 aliphatic carbocycles. The number of rotatable bonds is 7. The zero-order valence-corrected chi connectivity index (χ0v) is 10.0. The standard InChI is InChI=1S/C12H26O2/c1-5-8-10(6-2)12(14)11(7-3)9(4)13/h9-14H,5-8H2,1-4H3. The van der Waals surface area contributed by atoms with Gasteiger partial charge < -0.3 is 10.2 Å². The van der Waals surface area contributed by atoms with Crippen molar-refractivity contribution in [3.8, 4) is 0 Å². The van der Waals surface area contributed by atoms with E-state index in [1.54, 1.807) is 6.92 Å². The lowest BCUT2D eigenvalue weighted by Gasteiger charge is -2.30. The molecule has 0 aromatic rings. The van der Waals surface area contributed by atoms with Crippen molar-refractivity contribution in [3.05, 3.63) is 0 Å². The summed E-state index contributed by atoms with van der Waals surface area (Å²) in [6, 6.07) is 0. The van der Waals surface area contributed by atoms with Gasteiger partial charge in [-0.2, -0.15) is 0 Å². The third-order valence-electron chi connectivity index (χ3n) is 3.20. The van der Waals surface area contributed by atoms with Gasteiger partial charge in [-0.3, -0.25) is 0 Å². The summed E-state index contributed by atoms with van der Waals surface area (Å²) < 4.78 is 0. The lowest BCUT2D eigenvalue weighted by atomic mass is 9.82. The van der Waals surface area contributed by atoms with Crippen LogP contribution in [0.15, 0.2) is 0 Å². The van der Waals surface area contributed by atoms with Gasteiger partial charge in [-0.1, -0.05) is 33.6 Å². The lowest BCUT2D eigenvalue weighted by Crippen LogP contribution is -2.35. The zero-order valence-electron chi connectivity index (χ0n) is 10.0. The van der Waals surface area contributed by atoms with Crippen LogP contribution in [0.1, 0.15) is 53.4 Å². The molecule has 0 saturated carbocycles. The molecule has 4 unspecified atom stereocenters. The summed E-state index contributed by atoms with van der Waals surface area (Å²) >= 11 is 0. The lowest BCUT2D eigenvalue weighted by molar-refractivity contribution is -0.0168. The highest BCUT2D eigenvalue weighted by molar-refractivity contribution is 4.78. The summed E-state index contributed by atoms with van der Waals surface area (Å²) in [5, 5.41) is 19.6. The van der Waals surface area contributed by atoms with E-state index in [0.29, 0.717) is 5.92 Å². The van der Waals surface area contributed by atoms with Crippen LogP contribution in [0.3, 0.4) is 0 Å². The first-order valence-corrected chi connectivity index (χ1v) is 5.94. The number of aliphatic hydroxyl groups is 2. The first-order valence-electron chi connectivity index (χ1n) is 5.94. The minimum Gasteiger partial charge on any atom is -0.393 e. The highest BCUT2D eigenvalue weighted by atomic mass is 16.3. The third kappa shape index (κ3) is 3.97. The highest BCUT2D eigenvalue weighted by Crippen LogP contribution is 2.25. The van der Waals surface area contributed by atoms with E-state index >= 15 is 0 Å². The van der Waals surface area contributed by atoms with Gasteiger partial charge in [0.05, 0.1) is 12.2 Å². The van der Waals surface area contributed by atoms with Crippen LogP contribution in [-0.2, 0) is 0 Å². The van der Waals surface area contributed by atoms with Crippen molar-refractivity contribution in [2.75, 3.05) is 0 Å². The molecule has 0 heterocycles. The van der Waals surface area contributed by atoms with Crippen LogP contribution < -0.4 is 0 Å². The van der Waals surface area contributed by atoms with E-state index in [1.165, 1.54) is 0 Å². The van der Waals surface area contributed by atoms with Crippen molar-refractivity contribution in [2.24, 2.45) is 11.8 Å². The molecular formula is C12H26O2. The van der Waals surface area contributed by atoms with Crippen molar-refractivity contribution >= 4 is 0 Å². The quantitative estimate of drug-likeness (QED) is 0.666. The Hall–Kier alpha value is -0.0800. The Morgan fingerprint density at radius 2 is 1.57 bits per heavy atom. The summed E-state index contributed by atoms with van der Waals surface area (Å²) in [6.45, 7) is 8.05. The molecule has 0 spiro atoms. The van der Waals surface area contributed by atoms with Crippen LogP contribution in [0.5, 0.6) is 0 Å². The molecule has 2 heteroatoms. The Balaban J connectivity index is 4.28. The maximum absolute atomic E-state index is 10.1. The Labute approximate surface area is 88.3 Å². The fourth-order valence-electron chi connectivity index (χ4n) is 2.20. The molecule has 0 rings (SSSR count). The van der Waals surface area contributed by atoms with E-state index in [4.69, 9.17) is 0 Å². The van der Waals surface area contributed by atoms with Crippen molar-refractivity contribution < 1.29 is 10.2 Å². The summed E-state index contributed by atoms with van der Waals surface area (Å²) in [6.07, 6.45) is 3.26. The van der Waals surface area contributed by atoms with Gasteiger partial charge in [-0.15, -0.1) is 0 Å². The van der Waals surface area contributed by atoms with Crippen molar-refractivity contribution in [1.29, 1.82) is 0 Å². The maximum atomic E-state index is 10.1. The Bertz CT molecular complexity index is 134. The van der Waals surface area contributed by atoms with Gasteiger partial charge in [0.25, 0.3) is 0 Å². The van der Waals surface area contributed by atoms with Gasteiger partial charge in [-0.25, -0.2) is 0 Å². The smallest absolute Gasteiger partial charge is 0.0620 e. The molecule has 4 atom stereocenters. The molecule has 0 aliphatic heterocycles. The maximum Gasteiger partial charge on any atom is 0.0620 e.